The molecule has 1 heterocycles. The van der Waals surface area contributed by atoms with Crippen LogP contribution < -0.4 is 10.1 Å². The molecule has 0 spiro atoms. The van der Waals surface area contributed by atoms with Gasteiger partial charge in [-0.15, -0.1) is 11.3 Å². The number of anilines is 1. The van der Waals surface area contributed by atoms with Gasteiger partial charge in [0.05, 0.1) is 23.9 Å². The number of nitrogens with one attached hydrogen (secondary N) is 1. The minimum absolute atomic E-state index is 0.236. The fraction of sp³-hybridized carbons (Fsp3) is 0.158. The number of ether oxygens (including phenoxy) is 1. The highest BCUT2D eigenvalue weighted by molar-refractivity contribution is 7.16. The summed E-state index contributed by atoms with van der Waals surface area (Å²) in [5.74, 6) is -0.151. The zero-order valence-electron chi connectivity index (χ0n) is 14.4. The third kappa shape index (κ3) is 4.11. The van der Waals surface area contributed by atoms with Gasteiger partial charge < -0.3 is 4.74 Å². The average Bonchev–Trinajstić information content (AvgIpc) is 3.01. The SMILES string of the molecule is COc1ccc(-c2nc(NC(=O)c3ccccc3C(F)(F)F)sc2C)cc1. The molecule has 1 N–H and O–H groups in total. The normalized spacial score (nSPS) is 11.3. The number of carbonyl (C=O) groups excluding carboxylic acids is 1. The molecule has 2 aromatic carbocycles. The number of hydrogen-bond acceptors (Lipinski definition) is 4. The summed E-state index contributed by atoms with van der Waals surface area (Å²) in [5.41, 5.74) is 0.0535. The summed E-state index contributed by atoms with van der Waals surface area (Å²) in [4.78, 5) is 17.6. The van der Waals surface area contributed by atoms with Gasteiger partial charge in [-0.05, 0) is 43.3 Å². The summed E-state index contributed by atoms with van der Waals surface area (Å²) in [6, 6.07) is 11.9. The number of benzene rings is 2. The molecule has 0 saturated carbocycles. The maximum Gasteiger partial charge on any atom is 0.417 e. The number of rotatable bonds is 4. The van der Waals surface area contributed by atoms with Gasteiger partial charge in [0, 0.05) is 10.4 Å². The first kappa shape index (κ1) is 18.9. The first-order valence-corrected chi connectivity index (χ1v) is 8.70. The molecule has 0 atom stereocenters. The van der Waals surface area contributed by atoms with Crippen molar-refractivity contribution in [3.05, 3.63) is 64.5 Å². The van der Waals surface area contributed by atoms with Crippen molar-refractivity contribution in [2.45, 2.75) is 13.1 Å². The van der Waals surface area contributed by atoms with Crippen molar-refractivity contribution in [3.8, 4) is 17.0 Å². The van der Waals surface area contributed by atoms with Gasteiger partial charge in [-0.2, -0.15) is 13.2 Å². The first-order valence-electron chi connectivity index (χ1n) is 7.89. The largest absolute Gasteiger partial charge is 0.497 e. The molecule has 8 heteroatoms. The van der Waals surface area contributed by atoms with Crippen LogP contribution in [0.25, 0.3) is 11.3 Å². The molecule has 3 rings (SSSR count). The van der Waals surface area contributed by atoms with E-state index in [1.54, 1.807) is 19.2 Å². The van der Waals surface area contributed by atoms with Crippen LogP contribution in [0.3, 0.4) is 0 Å². The van der Waals surface area contributed by atoms with Crippen molar-refractivity contribution in [2.75, 3.05) is 12.4 Å². The van der Waals surface area contributed by atoms with E-state index in [2.05, 4.69) is 10.3 Å². The predicted octanol–water partition coefficient (Wildman–Crippen LogP) is 5.40. The Morgan fingerprint density at radius 1 is 1.11 bits per heavy atom. The zero-order valence-corrected chi connectivity index (χ0v) is 15.2. The molecule has 4 nitrogen and oxygen atoms in total. The van der Waals surface area contributed by atoms with E-state index < -0.39 is 23.2 Å². The summed E-state index contributed by atoms with van der Waals surface area (Å²) >= 11 is 1.20. The summed E-state index contributed by atoms with van der Waals surface area (Å²) in [6.45, 7) is 1.83. The quantitative estimate of drug-likeness (QED) is 0.647. The fourth-order valence-corrected chi connectivity index (χ4v) is 3.39. The molecular formula is C19H15F3N2O2S. The number of hydrogen-bond donors (Lipinski definition) is 1. The number of thiazole rings is 1. The van der Waals surface area contributed by atoms with E-state index in [0.717, 1.165) is 22.6 Å². The number of methoxy groups -OCH3 is 1. The summed E-state index contributed by atoms with van der Waals surface area (Å²) in [6.07, 6.45) is -4.61. The van der Waals surface area contributed by atoms with Gasteiger partial charge >= 0.3 is 6.18 Å². The second kappa shape index (κ2) is 7.40. The topological polar surface area (TPSA) is 51.2 Å². The molecule has 1 aromatic heterocycles. The van der Waals surface area contributed by atoms with E-state index in [4.69, 9.17) is 4.74 Å². The highest BCUT2D eigenvalue weighted by atomic mass is 32.1. The van der Waals surface area contributed by atoms with E-state index >= 15 is 0 Å². The molecule has 0 fully saturated rings. The summed E-state index contributed by atoms with van der Waals surface area (Å²) in [5, 5.41) is 2.70. The Morgan fingerprint density at radius 2 is 1.78 bits per heavy atom. The summed E-state index contributed by atoms with van der Waals surface area (Å²) < 4.78 is 44.4. The highest BCUT2D eigenvalue weighted by Gasteiger charge is 2.35. The van der Waals surface area contributed by atoms with Crippen LogP contribution in [0, 0.1) is 6.92 Å². The van der Waals surface area contributed by atoms with Crippen molar-refractivity contribution in [3.63, 3.8) is 0 Å². The lowest BCUT2D eigenvalue weighted by atomic mass is 10.1. The lowest BCUT2D eigenvalue weighted by Gasteiger charge is -2.11. The van der Waals surface area contributed by atoms with E-state index in [0.29, 0.717) is 11.4 Å². The van der Waals surface area contributed by atoms with E-state index in [1.165, 1.54) is 23.5 Å². The van der Waals surface area contributed by atoms with E-state index in [-0.39, 0.29) is 5.13 Å². The molecular weight excluding hydrogens is 377 g/mol. The highest BCUT2D eigenvalue weighted by Crippen LogP contribution is 2.34. The lowest BCUT2D eigenvalue weighted by Crippen LogP contribution is -2.18. The van der Waals surface area contributed by atoms with Gasteiger partial charge in [-0.25, -0.2) is 4.98 Å². The van der Waals surface area contributed by atoms with Crippen LogP contribution in [-0.4, -0.2) is 18.0 Å². The average molecular weight is 392 g/mol. The number of aromatic nitrogens is 1. The van der Waals surface area contributed by atoms with Crippen LogP contribution in [0.5, 0.6) is 5.75 Å². The smallest absolute Gasteiger partial charge is 0.417 e. The number of carbonyl (C=O) groups is 1. The standard InChI is InChI=1S/C19H15F3N2O2S/c1-11-16(12-7-9-13(26-2)10-8-12)23-18(27-11)24-17(25)14-5-3-4-6-15(14)19(20,21)22/h3-10H,1-2H3,(H,23,24,25). The molecule has 0 radical (unpaired) electrons. The number of alkyl halides is 3. The summed E-state index contributed by atoms with van der Waals surface area (Å²) in [7, 11) is 1.57. The van der Waals surface area contributed by atoms with Crippen molar-refractivity contribution < 1.29 is 22.7 Å². The third-order valence-electron chi connectivity index (χ3n) is 3.86. The van der Waals surface area contributed by atoms with Crippen molar-refractivity contribution in [1.29, 1.82) is 0 Å². The van der Waals surface area contributed by atoms with Crippen LogP contribution in [0.1, 0.15) is 20.8 Å². The van der Waals surface area contributed by atoms with E-state index in [1.807, 2.05) is 19.1 Å². The second-order valence-corrected chi connectivity index (χ2v) is 6.85. The molecule has 3 aromatic rings. The van der Waals surface area contributed by atoms with Crippen LogP contribution in [0.15, 0.2) is 48.5 Å². The molecule has 140 valence electrons. The Balaban J connectivity index is 1.86. The minimum atomic E-state index is -4.61. The Kier molecular flexibility index (Phi) is 5.18. The molecule has 0 unspecified atom stereocenters. The van der Waals surface area contributed by atoms with Gasteiger partial charge in [0.1, 0.15) is 5.75 Å². The van der Waals surface area contributed by atoms with Gasteiger partial charge in [0.25, 0.3) is 5.91 Å². The van der Waals surface area contributed by atoms with E-state index in [9.17, 15) is 18.0 Å². The maximum absolute atomic E-state index is 13.1. The van der Waals surface area contributed by atoms with Crippen LogP contribution in [0.2, 0.25) is 0 Å². The lowest BCUT2D eigenvalue weighted by molar-refractivity contribution is -0.137. The molecule has 0 bridgehead atoms. The van der Waals surface area contributed by atoms with Crippen LogP contribution in [-0.2, 0) is 6.18 Å². The second-order valence-electron chi connectivity index (χ2n) is 5.65. The molecule has 0 aliphatic heterocycles. The predicted molar refractivity (Wildman–Crippen MR) is 98.2 cm³/mol. The Hall–Kier alpha value is -2.87. The van der Waals surface area contributed by atoms with Crippen molar-refractivity contribution in [2.24, 2.45) is 0 Å². The first-order chi connectivity index (χ1) is 12.8. The Labute approximate surface area is 157 Å². The molecule has 0 aliphatic rings. The molecule has 27 heavy (non-hydrogen) atoms. The maximum atomic E-state index is 13.1. The molecule has 0 aliphatic carbocycles. The van der Waals surface area contributed by atoms with Crippen LogP contribution in [0.4, 0.5) is 18.3 Å². The van der Waals surface area contributed by atoms with Crippen molar-refractivity contribution in [1.82, 2.24) is 4.98 Å². The van der Waals surface area contributed by atoms with Gasteiger partial charge in [0.15, 0.2) is 5.13 Å². The number of aryl methyl sites for hydroxylation is 1. The fourth-order valence-electron chi connectivity index (χ4n) is 2.56. The van der Waals surface area contributed by atoms with Gasteiger partial charge in [-0.1, -0.05) is 12.1 Å². The molecule has 0 saturated heterocycles. The number of nitrogens with zero attached hydrogens (tertiary/aromatic N) is 1. The van der Waals surface area contributed by atoms with Crippen LogP contribution >= 0.6 is 11.3 Å². The van der Waals surface area contributed by atoms with Gasteiger partial charge in [-0.3, -0.25) is 10.1 Å². The third-order valence-corrected chi connectivity index (χ3v) is 4.74. The molecule has 1 amide bonds. The monoisotopic (exact) mass is 392 g/mol. The Morgan fingerprint density at radius 3 is 2.41 bits per heavy atom. The number of halogens is 3. The minimum Gasteiger partial charge on any atom is -0.497 e. The Bertz CT molecular complexity index is 966. The number of amides is 1. The zero-order chi connectivity index (χ0) is 19.6. The van der Waals surface area contributed by atoms with Crippen molar-refractivity contribution >= 4 is 22.4 Å². The van der Waals surface area contributed by atoms with Gasteiger partial charge in [0.2, 0.25) is 0 Å².